The number of carbonyl (C=O) groups is 1. The molecule has 1 amide bonds. The second-order valence-corrected chi connectivity index (χ2v) is 6.31. The number of nitrogens with one attached hydrogen (secondary N) is 1. The van der Waals surface area contributed by atoms with Crippen molar-refractivity contribution >= 4 is 29.0 Å². The number of rotatable bonds is 6. The molecule has 132 valence electrons. The molecule has 0 aliphatic rings. The quantitative estimate of drug-likeness (QED) is 0.667. The number of benzene rings is 2. The van der Waals surface area contributed by atoms with Gasteiger partial charge in [-0.15, -0.1) is 0 Å². The molecular formula is C21H20ClN3O. The third-order valence-corrected chi connectivity index (χ3v) is 4.25. The number of amides is 1. The topological polar surface area (TPSA) is 45.2 Å². The molecule has 0 radical (unpaired) electrons. The van der Waals surface area contributed by atoms with Crippen LogP contribution in [0.5, 0.6) is 0 Å². The molecule has 26 heavy (non-hydrogen) atoms. The molecule has 0 saturated heterocycles. The Morgan fingerprint density at radius 3 is 2.54 bits per heavy atom. The summed E-state index contributed by atoms with van der Waals surface area (Å²) in [6.45, 7) is 3.73. The molecule has 3 aromatic rings. The normalized spacial score (nSPS) is 10.4. The average molecular weight is 366 g/mol. The monoisotopic (exact) mass is 365 g/mol. The lowest BCUT2D eigenvalue weighted by molar-refractivity contribution is 0.102. The Labute approximate surface area is 158 Å². The number of aromatic nitrogens is 1. The standard InChI is InChI=1S/C21H20ClN3O/c1-2-25(15-16-7-4-3-5-8-16)20-12-11-19(14-23-20)24-21(26)17-9-6-10-18(22)13-17/h3-14H,2,15H2,1H3,(H,24,26). The van der Waals surface area contributed by atoms with E-state index < -0.39 is 0 Å². The van der Waals surface area contributed by atoms with Gasteiger partial charge in [-0.2, -0.15) is 0 Å². The van der Waals surface area contributed by atoms with Crippen LogP contribution in [0.3, 0.4) is 0 Å². The number of carbonyl (C=O) groups excluding carboxylic acids is 1. The van der Waals surface area contributed by atoms with E-state index in [4.69, 9.17) is 11.6 Å². The van der Waals surface area contributed by atoms with E-state index in [9.17, 15) is 4.79 Å². The molecule has 0 atom stereocenters. The molecule has 3 rings (SSSR count). The second kappa shape index (κ2) is 8.50. The molecule has 0 bridgehead atoms. The van der Waals surface area contributed by atoms with Crippen molar-refractivity contribution in [2.24, 2.45) is 0 Å². The molecule has 0 spiro atoms. The first-order valence-electron chi connectivity index (χ1n) is 8.47. The van der Waals surface area contributed by atoms with Crippen molar-refractivity contribution in [1.82, 2.24) is 4.98 Å². The van der Waals surface area contributed by atoms with Crippen LogP contribution in [0.15, 0.2) is 72.9 Å². The highest BCUT2D eigenvalue weighted by Gasteiger charge is 2.09. The third-order valence-electron chi connectivity index (χ3n) is 4.01. The van der Waals surface area contributed by atoms with E-state index in [0.29, 0.717) is 16.3 Å². The smallest absolute Gasteiger partial charge is 0.255 e. The second-order valence-electron chi connectivity index (χ2n) is 5.87. The van der Waals surface area contributed by atoms with Gasteiger partial charge in [0.25, 0.3) is 5.91 Å². The maximum atomic E-state index is 12.3. The highest BCUT2D eigenvalue weighted by molar-refractivity contribution is 6.31. The summed E-state index contributed by atoms with van der Waals surface area (Å²) < 4.78 is 0. The summed E-state index contributed by atoms with van der Waals surface area (Å²) in [4.78, 5) is 18.9. The van der Waals surface area contributed by atoms with Gasteiger partial charge in [0.1, 0.15) is 5.82 Å². The van der Waals surface area contributed by atoms with Gasteiger partial charge >= 0.3 is 0 Å². The van der Waals surface area contributed by atoms with Gasteiger partial charge in [-0.25, -0.2) is 4.98 Å². The van der Waals surface area contributed by atoms with Crippen molar-refractivity contribution in [3.8, 4) is 0 Å². The lowest BCUT2D eigenvalue weighted by Crippen LogP contribution is -2.23. The molecular weight excluding hydrogens is 346 g/mol. The van der Waals surface area contributed by atoms with Crippen LogP contribution in [0.25, 0.3) is 0 Å². The molecule has 0 fully saturated rings. The van der Waals surface area contributed by atoms with Crippen LogP contribution < -0.4 is 10.2 Å². The van der Waals surface area contributed by atoms with Gasteiger partial charge in [-0.1, -0.05) is 48.0 Å². The Bertz CT molecular complexity index is 866. The Kier molecular flexibility index (Phi) is 5.87. The summed E-state index contributed by atoms with van der Waals surface area (Å²) >= 11 is 5.93. The minimum Gasteiger partial charge on any atom is -0.353 e. The summed E-state index contributed by atoms with van der Waals surface area (Å²) in [7, 11) is 0. The van der Waals surface area contributed by atoms with Gasteiger partial charge in [-0.3, -0.25) is 4.79 Å². The lowest BCUT2D eigenvalue weighted by atomic mass is 10.2. The fraction of sp³-hybridized carbons (Fsp3) is 0.143. The molecule has 1 heterocycles. The highest BCUT2D eigenvalue weighted by Crippen LogP contribution is 2.18. The number of hydrogen-bond donors (Lipinski definition) is 1. The third kappa shape index (κ3) is 4.61. The minimum atomic E-state index is -0.210. The van der Waals surface area contributed by atoms with Crippen LogP contribution in [-0.4, -0.2) is 17.4 Å². The predicted octanol–water partition coefficient (Wildman–Crippen LogP) is 5.01. The van der Waals surface area contributed by atoms with Crippen molar-refractivity contribution in [1.29, 1.82) is 0 Å². The van der Waals surface area contributed by atoms with E-state index >= 15 is 0 Å². The Morgan fingerprint density at radius 1 is 1.08 bits per heavy atom. The first kappa shape index (κ1) is 18.0. The van der Waals surface area contributed by atoms with Gasteiger partial charge < -0.3 is 10.2 Å². The van der Waals surface area contributed by atoms with Crippen molar-refractivity contribution in [3.63, 3.8) is 0 Å². The van der Waals surface area contributed by atoms with Crippen molar-refractivity contribution < 1.29 is 4.79 Å². The zero-order chi connectivity index (χ0) is 18.4. The fourth-order valence-corrected chi connectivity index (χ4v) is 2.83. The first-order valence-corrected chi connectivity index (χ1v) is 8.85. The first-order chi connectivity index (χ1) is 12.7. The molecule has 0 aliphatic heterocycles. The van der Waals surface area contributed by atoms with E-state index in [2.05, 4.69) is 34.3 Å². The maximum absolute atomic E-state index is 12.3. The van der Waals surface area contributed by atoms with Crippen molar-refractivity contribution in [2.75, 3.05) is 16.8 Å². The fourth-order valence-electron chi connectivity index (χ4n) is 2.64. The van der Waals surface area contributed by atoms with Gasteiger partial charge in [0, 0.05) is 23.7 Å². The largest absolute Gasteiger partial charge is 0.353 e. The van der Waals surface area contributed by atoms with Crippen molar-refractivity contribution in [2.45, 2.75) is 13.5 Å². The minimum absolute atomic E-state index is 0.210. The Hall–Kier alpha value is -2.85. The molecule has 0 saturated carbocycles. The van der Waals surface area contributed by atoms with Crippen LogP contribution in [-0.2, 0) is 6.54 Å². The molecule has 2 aromatic carbocycles. The molecule has 5 heteroatoms. The number of halogens is 1. The number of hydrogen-bond acceptors (Lipinski definition) is 3. The number of anilines is 2. The zero-order valence-electron chi connectivity index (χ0n) is 14.5. The Balaban J connectivity index is 1.68. The van der Waals surface area contributed by atoms with Crippen LogP contribution >= 0.6 is 11.6 Å². The summed E-state index contributed by atoms with van der Waals surface area (Å²) in [6.07, 6.45) is 1.67. The van der Waals surface area contributed by atoms with Crippen LogP contribution in [0, 0.1) is 0 Å². The summed E-state index contributed by atoms with van der Waals surface area (Å²) in [5.41, 5.74) is 2.39. The number of nitrogens with zero attached hydrogens (tertiary/aromatic N) is 2. The van der Waals surface area contributed by atoms with Crippen LogP contribution in [0.4, 0.5) is 11.5 Å². The molecule has 1 N–H and O–H groups in total. The van der Waals surface area contributed by atoms with Crippen LogP contribution in [0.2, 0.25) is 5.02 Å². The van der Waals surface area contributed by atoms with Gasteiger partial charge in [-0.05, 0) is 42.8 Å². The number of pyridine rings is 1. The van der Waals surface area contributed by atoms with Crippen LogP contribution in [0.1, 0.15) is 22.8 Å². The van der Waals surface area contributed by atoms with Gasteiger partial charge in [0.15, 0.2) is 0 Å². The zero-order valence-corrected chi connectivity index (χ0v) is 15.3. The van der Waals surface area contributed by atoms with Crippen molar-refractivity contribution in [3.05, 3.63) is 89.1 Å². The Morgan fingerprint density at radius 2 is 1.88 bits per heavy atom. The summed E-state index contributed by atoms with van der Waals surface area (Å²) in [5, 5.41) is 3.37. The lowest BCUT2D eigenvalue weighted by Gasteiger charge is -2.22. The molecule has 0 unspecified atom stereocenters. The van der Waals surface area contributed by atoms with E-state index in [1.807, 2.05) is 30.3 Å². The van der Waals surface area contributed by atoms with Gasteiger partial charge in [0.2, 0.25) is 0 Å². The molecule has 1 aromatic heterocycles. The maximum Gasteiger partial charge on any atom is 0.255 e. The molecule has 4 nitrogen and oxygen atoms in total. The summed E-state index contributed by atoms with van der Waals surface area (Å²) in [6, 6.07) is 20.9. The SMILES string of the molecule is CCN(Cc1ccccc1)c1ccc(NC(=O)c2cccc(Cl)c2)cn1. The van der Waals surface area contributed by atoms with E-state index in [-0.39, 0.29) is 5.91 Å². The van der Waals surface area contributed by atoms with E-state index in [1.165, 1.54) is 5.56 Å². The predicted molar refractivity (Wildman–Crippen MR) is 107 cm³/mol. The van der Waals surface area contributed by atoms with Gasteiger partial charge in [0.05, 0.1) is 11.9 Å². The molecule has 0 aliphatic carbocycles. The highest BCUT2D eigenvalue weighted by atomic mass is 35.5. The average Bonchev–Trinajstić information content (AvgIpc) is 2.67. The van der Waals surface area contributed by atoms with E-state index in [1.54, 1.807) is 30.5 Å². The summed E-state index contributed by atoms with van der Waals surface area (Å²) in [5.74, 6) is 0.663. The van der Waals surface area contributed by atoms with E-state index in [0.717, 1.165) is 18.9 Å².